The van der Waals surface area contributed by atoms with Crippen LogP contribution in [0.5, 0.6) is 0 Å². The lowest BCUT2D eigenvalue weighted by molar-refractivity contribution is -0.384. The summed E-state index contributed by atoms with van der Waals surface area (Å²) < 4.78 is 0. The van der Waals surface area contributed by atoms with Crippen LogP contribution in [-0.4, -0.2) is 16.7 Å². The molecule has 0 atom stereocenters. The fourth-order valence-electron chi connectivity index (χ4n) is 3.66. The van der Waals surface area contributed by atoms with Crippen LogP contribution in [0.3, 0.4) is 0 Å². The Morgan fingerprint density at radius 3 is 2.15 bits per heavy atom. The second-order valence-electron chi connectivity index (χ2n) is 7.85. The van der Waals surface area contributed by atoms with E-state index in [0.29, 0.717) is 22.0 Å². The fraction of sp³-hybridized carbons (Fsp3) is 0.120. The van der Waals surface area contributed by atoms with E-state index in [2.05, 4.69) is 5.32 Å². The summed E-state index contributed by atoms with van der Waals surface area (Å²) in [6, 6.07) is 16.1. The molecule has 0 fully saturated rings. The minimum absolute atomic E-state index is 0.0949. The number of anilines is 2. The van der Waals surface area contributed by atoms with Crippen molar-refractivity contribution in [3.8, 4) is 0 Å². The topological polar surface area (TPSA) is 92.6 Å². The summed E-state index contributed by atoms with van der Waals surface area (Å²) in [5.41, 5.74) is 4.39. The predicted octanol–water partition coefficient (Wildman–Crippen LogP) is 5.57. The van der Waals surface area contributed by atoms with Gasteiger partial charge in [0.25, 0.3) is 17.5 Å². The zero-order valence-electron chi connectivity index (χ0n) is 18.2. The van der Waals surface area contributed by atoms with E-state index in [0.717, 1.165) is 21.6 Å². The first kappa shape index (κ1) is 22.2. The zero-order valence-corrected chi connectivity index (χ0v) is 18.9. The Labute approximate surface area is 195 Å². The number of non-ortho nitro benzene ring substituents is 1. The molecule has 8 heteroatoms. The van der Waals surface area contributed by atoms with Gasteiger partial charge in [-0.15, -0.1) is 0 Å². The van der Waals surface area contributed by atoms with Gasteiger partial charge in [0.05, 0.1) is 16.2 Å². The molecule has 0 aromatic heterocycles. The number of nitrogens with one attached hydrogen (secondary N) is 1. The van der Waals surface area contributed by atoms with E-state index in [1.165, 1.54) is 24.3 Å². The van der Waals surface area contributed by atoms with Crippen molar-refractivity contribution in [3.63, 3.8) is 0 Å². The van der Waals surface area contributed by atoms with Crippen LogP contribution in [0.1, 0.15) is 22.3 Å². The summed E-state index contributed by atoms with van der Waals surface area (Å²) in [6.07, 6.45) is 0. The molecule has 4 rings (SSSR count). The Bertz CT molecular complexity index is 1350. The number of hydrogen-bond acceptors (Lipinski definition) is 5. The number of nitrogens with zero attached hydrogens (tertiary/aromatic N) is 2. The maximum atomic E-state index is 13.5. The second kappa shape index (κ2) is 8.52. The normalized spacial score (nSPS) is 13.6. The molecule has 0 radical (unpaired) electrons. The third kappa shape index (κ3) is 4.10. The van der Waals surface area contributed by atoms with Gasteiger partial charge in [-0.2, -0.15) is 0 Å². The molecule has 0 saturated carbocycles. The van der Waals surface area contributed by atoms with E-state index < -0.39 is 16.7 Å². The predicted molar refractivity (Wildman–Crippen MR) is 128 cm³/mol. The van der Waals surface area contributed by atoms with E-state index in [-0.39, 0.29) is 17.0 Å². The molecule has 1 heterocycles. The molecule has 0 spiro atoms. The van der Waals surface area contributed by atoms with Gasteiger partial charge in [-0.25, -0.2) is 4.90 Å². The summed E-state index contributed by atoms with van der Waals surface area (Å²) in [5.74, 6) is -1.02. The monoisotopic (exact) mass is 461 g/mol. The minimum atomic E-state index is -0.516. The quantitative estimate of drug-likeness (QED) is 0.304. The van der Waals surface area contributed by atoms with Gasteiger partial charge in [-0.05, 0) is 85.5 Å². The van der Waals surface area contributed by atoms with Crippen LogP contribution in [0.15, 0.2) is 66.4 Å². The maximum absolute atomic E-state index is 13.5. The minimum Gasteiger partial charge on any atom is -0.350 e. The van der Waals surface area contributed by atoms with Crippen molar-refractivity contribution < 1.29 is 14.5 Å². The molecule has 1 N–H and O–H groups in total. The van der Waals surface area contributed by atoms with E-state index in [1.54, 1.807) is 30.3 Å². The molecule has 0 aliphatic carbocycles. The van der Waals surface area contributed by atoms with E-state index >= 15 is 0 Å². The molecule has 0 saturated heterocycles. The van der Waals surface area contributed by atoms with E-state index in [4.69, 9.17) is 11.6 Å². The summed E-state index contributed by atoms with van der Waals surface area (Å²) in [6.45, 7) is 5.69. The first-order chi connectivity index (χ1) is 15.7. The van der Waals surface area contributed by atoms with Crippen molar-refractivity contribution in [2.75, 3.05) is 10.2 Å². The van der Waals surface area contributed by atoms with Crippen molar-refractivity contribution in [1.29, 1.82) is 0 Å². The second-order valence-corrected chi connectivity index (χ2v) is 8.29. The number of amides is 2. The summed E-state index contributed by atoms with van der Waals surface area (Å²) in [5, 5.41) is 14.7. The summed E-state index contributed by atoms with van der Waals surface area (Å²) >= 11 is 6.06. The standard InChI is InChI=1S/C25H20ClN3O4/c1-14-4-8-20(13-15(14)2)28-24(30)22(17-5-9-19(10-6-17)29(32)33)23(25(28)31)27-21-11-7-18(26)12-16(21)3/h4-13,27H,1-3H3. The highest BCUT2D eigenvalue weighted by atomic mass is 35.5. The van der Waals surface area contributed by atoms with Crippen molar-refractivity contribution in [2.24, 2.45) is 0 Å². The molecule has 0 unspecified atom stereocenters. The van der Waals surface area contributed by atoms with Gasteiger partial charge in [-0.3, -0.25) is 19.7 Å². The number of nitro benzene ring substituents is 1. The lowest BCUT2D eigenvalue weighted by Crippen LogP contribution is -2.32. The Morgan fingerprint density at radius 2 is 1.55 bits per heavy atom. The van der Waals surface area contributed by atoms with Crippen LogP contribution in [0.2, 0.25) is 5.02 Å². The number of hydrogen-bond donors (Lipinski definition) is 1. The molecule has 3 aromatic carbocycles. The van der Waals surface area contributed by atoms with Crippen LogP contribution in [0.25, 0.3) is 5.57 Å². The highest BCUT2D eigenvalue weighted by molar-refractivity contribution is 6.46. The SMILES string of the molecule is Cc1ccc(N2C(=O)C(Nc3ccc(Cl)cc3C)=C(c3ccc([N+](=O)[O-])cc3)C2=O)cc1C. The smallest absolute Gasteiger partial charge is 0.282 e. The van der Waals surface area contributed by atoms with Crippen molar-refractivity contribution in [3.05, 3.63) is 104 Å². The average Bonchev–Trinajstić information content (AvgIpc) is 3.01. The van der Waals surface area contributed by atoms with Gasteiger partial charge in [0, 0.05) is 22.8 Å². The summed E-state index contributed by atoms with van der Waals surface area (Å²) in [4.78, 5) is 38.7. The molecule has 33 heavy (non-hydrogen) atoms. The first-order valence-electron chi connectivity index (χ1n) is 10.2. The molecular formula is C25H20ClN3O4. The van der Waals surface area contributed by atoms with E-state index in [1.807, 2.05) is 26.8 Å². The Balaban J connectivity index is 1.84. The summed E-state index contributed by atoms with van der Waals surface area (Å²) in [7, 11) is 0. The third-order valence-corrected chi connectivity index (χ3v) is 5.88. The van der Waals surface area contributed by atoms with E-state index in [9.17, 15) is 19.7 Å². The zero-order chi connectivity index (χ0) is 23.9. The van der Waals surface area contributed by atoms with Crippen LogP contribution < -0.4 is 10.2 Å². The van der Waals surface area contributed by atoms with Crippen LogP contribution in [-0.2, 0) is 9.59 Å². The highest BCUT2D eigenvalue weighted by Crippen LogP contribution is 2.35. The van der Waals surface area contributed by atoms with Crippen molar-refractivity contribution in [1.82, 2.24) is 0 Å². The van der Waals surface area contributed by atoms with Gasteiger partial charge in [-0.1, -0.05) is 17.7 Å². The Morgan fingerprint density at radius 1 is 0.848 bits per heavy atom. The first-order valence-corrected chi connectivity index (χ1v) is 10.5. The van der Waals surface area contributed by atoms with Gasteiger partial charge < -0.3 is 5.32 Å². The number of benzene rings is 3. The largest absolute Gasteiger partial charge is 0.350 e. The molecule has 0 bridgehead atoms. The van der Waals surface area contributed by atoms with Crippen LogP contribution >= 0.6 is 11.6 Å². The maximum Gasteiger partial charge on any atom is 0.282 e. The molecule has 2 amide bonds. The van der Waals surface area contributed by atoms with Gasteiger partial charge >= 0.3 is 0 Å². The number of carbonyl (C=O) groups is 2. The van der Waals surface area contributed by atoms with Crippen LogP contribution in [0, 0.1) is 30.9 Å². The lowest BCUT2D eigenvalue weighted by Gasteiger charge is -2.17. The molecule has 3 aromatic rings. The number of aryl methyl sites for hydroxylation is 3. The number of rotatable bonds is 5. The number of nitro groups is 1. The number of halogens is 1. The molecular weight excluding hydrogens is 442 g/mol. The van der Waals surface area contributed by atoms with Crippen LogP contribution in [0.4, 0.5) is 17.1 Å². The lowest BCUT2D eigenvalue weighted by atomic mass is 10.0. The third-order valence-electron chi connectivity index (χ3n) is 5.65. The molecule has 1 aliphatic rings. The van der Waals surface area contributed by atoms with Gasteiger partial charge in [0.2, 0.25) is 0 Å². The number of imide groups is 1. The number of carbonyl (C=O) groups excluding carboxylic acids is 2. The molecule has 166 valence electrons. The fourth-order valence-corrected chi connectivity index (χ4v) is 3.89. The Kier molecular flexibility index (Phi) is 5.74. The molecule has 1 aliphatic heterocycles. The Hall–Kier alpha value is -3.97. The average molecular weight is 462 g/mol. The van der Waals surface area contributed by atoms with Gasteiger partial charge in [0.15, 0.2) is 0 Å². The van der Waals surface area contributed by atoms with Crippen molar-refractivity contribution >= 4 is 46.1 Å². The molecule has 7 nitrogen and oxygen atoms in total. The van der Waals surface area contributed by atoms with Crippen molar-refractivity contribution in [2.45, 2.75) is 20.8 Å². The highest BCUT2D eigenvalue weighted by Gasteiger charge is 2.40. The van der Waals surface area contributed by atoms with Gasteiger partial charge in [0.1, 0.15) is 5.70 Å².